The molecule has 2 aliphatic rings. The quantitative estimate of drug-likeness (QED) is 0.321. The molecule has 0 aliphatic heterocycles. The van der Waals surface area contributed by atoms with E-state index in [4.69, 9.17) is 8.94 Å². The predicted molar refractivity (Wildman–Crippen MR) is 136 cm³/mol. The van der Waals surface area contributed by atoms with E-state index >= 15 is 0 Å². The monoisotopic (exact) mass is 493 g/mol. The number of hydrogen-bond donors (Lipinski definition) is 1. The van der Waals surface area contributed by atoms with Crippen molar-refractivity contribution in [3.05, 3.63) is 125 Å². The topological polar surface area (TPSA) is 102 Å². The highest BCUT2D eigenvalue weighted by Crippen LogP contribution is 2.63. The molecule has 1 N–H and O–H groups in total. The predicted octanol–water partition coefficient (Wildman–Crippen LogP) is 5.56. The molecule has 37 heavy (non-hydrogen) atoms. The Balaban J connectivity index is 1.35. The Hall–Kier alpha value is -4.26. The molecular formula is C30H27N3O4. The fourth-order valence-electron chi connectivity index (χ4n) is 5.42. The molecule has 2 heterocycles. The number of hydrogen-bond acceptors (Lipinski definition) is 6. The number of carboxylic acids is 1. The van der Waals surface area contributed by atoms with Crippen molar-refractivity contribution >= 4 is 5.97 Å². The molecule has 2 aliphatic carbocycles. The summed E-state index contributed by atoms with van der Waals surface area (Å²) >= 11 is 0. The van der Waals surface area contributed by atoms with E-state index in [0.29, 0.717) is 48.9 Å². The van der Waals surface area contributed by atoms with Gasteiger partial charge < -0.3 is 14.0 Å². The van der Waals surface area contributed by atoms with Crippen molar-refractivity contribution in [3.8, 4) is 0 Å². The van der Waals surface area contributed by atoms with Crippen molar-refractivity contribution in [1.29, 1.82) is 0 Å². The molecule has 0 atom stereocenters. The molecule has 0 amide bonds. The van der Waals surface area contributed by atoms with Crippen LogP contribution in [0, 0.1) is 12.3 Å². The van der Waals surface area contributed by atoms with Crippen molar-refractivity contribution in [2.45, 2.75) is 43.9 Å². The van der Waals surface area contributed by atoms with Crippen LogP contribution >= 0.6 is 0 Å². The zero-order valence-corrected chi connectivity index (χ0v) is 20.5. The Kier molecular flexibility index (Phi) is 5.63. The lowest BCUT2D eigenvalue weighted by molar-refractivity contribution is -0.145. The highest BCUT2D eigenvalue weighted by molar-refractivity contribution is 5.82. The minimum absolute atomic E-state index is 0.0582. The van der Waals surface area contributed by atoms with Gasteiger partial charge in [0.15, 0.2) is 5.76 Å². The molecule has 186 valence electrons. The molecule has 1 fully saturated rings. The van der Waals surface area contributed by atoms with Crippen LogP contribution in [0.1, 0.15) is 58.7 Å². The number of rotatable bonds is 8. The number of carboxylic acid groups (broad SMARTS) is 1. The normalized spacial score (nSPS) is 21.7. The van der Waals surface area contributed by atoms with E-state index in [-0.39, 0.29) is 5.92 Å². The van der Waals surface area contributed by atoms with Gasteiger partial charge in [0.25, 0.3) is 0 Å². The Labute approximate surface area is 214 Å². The van der Waals surface area contributed by atoms with Gasteiger partial charge >= 0.3 is 5.97 Å². The van der Waals surface area contributed by atoms with E-state index in [2.05, 4.69) is 39.6 Å². The maximum atomic E-state index is 12.6. The third-order valence-electron chi connectivity index (χ3n) is 7.66. The third kappa shape index (κ3) is 4.00. The van der Waals surface area contributed by atoms with E-state index < -0.39 is 16.8 Å². The van der Waals surface area contributed by atoms with Gasteiger partial charge in [-0.05, 0) is 30.9 Å². The SMILES string of the molecule is Cc1noc(C2(C3(C(=O)O)CC3)C=CC(c3ccccc3)C=C2)c1Cc1nnc(Cc2ccccc2)o1. The maximum absolute atomic E-state index is 12.6. The summed E-state index contributed by atoms with van der Waals surface area (Å²) in [7, 11) is 0. The molecule has 2 aromatic carbocycles. The largest absolute Gasteiger partial charge is 0.481 e. The van der Waals surface area contributed by atoms with Gasteiger partial charge in [-0.1, -0.05) is 90.1 Å². The molecule has 0 radical (unpaired) electrons. The van der Waals surface area contributed by atoms with Crippen molar-refractivity contribution in [2.24, 2.45) is 5.41 Å². The highest BCUT2D eigenvalue weighted by atomic mass is 16.5. The van der Waals surface area contributed by atoms with Gasteiger partial charge in [0.1, 0.15) is 0 Å². The highest BCUT2D eigenvalue weighted by Gasteiger charge is 2.66. The lowest BCUT2D eigenvalue weighted by Crippen LogP contribution is -2.40. The number of aryl methyl sites for hydroxylation is 1. The van der Waals surface area contributed by atoms with Crippen molar-refractivity contribution in [3.63, 3.8) is 0 Å². The number of aliphatic carboxylic acids is 1. The van der Waals surface area contributed by atoms with Crippen LogP contribution in [0.2, 0.25) is 0 Å². The lowest BCUT2D eigenvalue weighted by Gasteiger charge is -2.35. The first-order chi connectivity index (χ1) is 18.0. The first-order valence-corrected chi connectivity index (χ1v) is 12.5. The summed E-state index contributed by atoms with van der Waals surface area (Å²) < 4.78 is 11.9. The van der Waals surface area contributed by atoms with Crippen LogP contribution in [0.25, 0.3) is 0 Å². The second-order valence-electron chi connectivity index (χ2n) is 9.92. The van der Waals surface area contributed by atoms with Crippen LogP contribution in [-0.4, -0.2) is 26.4 Å². The fourth-order valence-corrected chi connectivity index (χ4v) is 5.42. The Morgan fingerprint density at radius 2 is 1.57 bits per heavy atom. The molecule has 0 unspecified atom stereocenters. The van der Waals surface area contributed by atoms with Gasteiger partial charge in [-0.25, -0.2) is 0 Å². The zero-order valence-electron chi connectivity index (χ0n) is 20.5. The fraction of sp³-hybridized carbons (Fsp3) is 0.267. The molecule has 4 aromatic rings. The van der Waals surface area contributed by atoms with Gasteiger partial charge in [0.2, 0.25) is 11.8 Å². The van der Waals surface area contributed by atoms with E-state index in [0.717, 1.165) is 16.7 Å². The molecule has 2 aromatic heterocycles. The van der Waals surface area contributed by atoms with E-state index in [9.17, 15) is 9.90 Å². The molecule has 7 nitrogen and oxygen atoms in total. The van der Waals surface area contributed by atoms with E-state index in [1.54, 1.807) is 0 Å². The first-order valence-electron chi connectivity index (χ1n) is 12.5. The molecule has 0 saturated heterocycles. The van der Waals surface area contributed by atoms with Crippen LogP contribution in [0.3, 0.4) is 0 Å². The van der Waals surface area contributed by atoms with E-state index in [1.165, 1.54) is 0 Å². The average Bonchev–Trinajstić information content (AvgIpc) is 3.53. The Bertz CT molecular complexity index is 1470. The second-order valence-corrected chi connectivity index (χ2v) is 9.92. The van der Waals surface area contributed by atoms with Crippen LogP contribution in [-0.2, 0) is 23.1 Å². The van der Waals surface area contributed by atoms with Gasteiger partial charge in [0.05, 0.1) is 29.4 Å². The number of aromatic nitrogens is 3. The molecule has 7 heteroatoms. The number of nitrogens with zero attached hydrogens (tertiary/aromatic N) is 3. The minimum atomic E-state index is -0.976. The van der Waals surface area contributed by atoms with Gasteiger partial charge in [-0.3, -0.25) is 4.79 Å². The molecule has 0 spiro atoms. The molecular weight excluding hydrogens is 466 g/mol. The Morgan fingerprint density at radius 1 is 0.946 bits per heavy atom. The van der Waals surface area contributed by atoms with Gasteiger partial charge in [-0.15, -0.1) is 10.2 Å². The summed E-state index contributed by atoms with van der Waals surface area (Å²) in [6, 6.07) is 20.1. The average molecular weight is 494 g/mol. The standard InChI is InChI=1S/C30H27N3O4/c1-20-24(19-26-32-31-25(36-26)18-21-8-4-2-5-9-21)27(37-33-20)29(30(16-17-30)28(34)35)14-12-23(13-15-29)22-10-6-3-7-11-22/h2-15,23H,16-19H2,1H3,(H,34,35). The van der Waals surface area contributed by atoms with E-state index in [1.807, 2.05) is 67.6 Å². The summed E-state index contributed by atoms with van der Waals surface area (Å²) in [6.45, 7) is 1.86. The van der Waals surface area contributed by atoms with Crippen molar-refractivity contribution in [2.75, 3.05) is 0 Å². The smallest absolute Gasteiger partial charge is 0.311 e. The van der Waals surface area contributed by atoms with Crippen molar-refractivity contribution < 1.29 is 18.8 Å². The molecule has 1 saturated carbocycles. The summed E-state index contributed by atoms with van der Waals surface area (Å²) in [6.07, 6.45) is 10.1. The van der Waals surface area contributed by atoms with Gasteiger partial charge in [-0.2, -0.15) is 0 Å². The summed E-state index contributed by atoms with van der Waals surface area (Å²) in [4.78, 5) is 12.6. The minimum Gasteiger partial charge on any atom is -0.481 e. The maximum Gasteiger partial charge on any atom is 0.311 e. The van der Waals surface area contributed by atoms with Gasteiger partial charge in [0, 0.05) is 11.5 Å². The Morgan fingerprint density at radius 3 is 2.19 bits per heavy atom. The third-order valence-corrected chi connectivity index (χ3v) is 7.66. The molecule has 0 bridgehead atoms. The first kappa shape index (κ1) is 23.2. The number of allylic oxidation sites excluding steroid dienone is 4. The lowest BCUT2D eigenvalue weighted by atomic mass is 9.66. The van der Waals surface area contributed by atoms with Crippen LogP contribution in [0.15, 0.2) is 93.9 Å². The number of benzene rings is 2. The molecule has 6 rings (SSSR count). The van der Waals surface area contributed by atoms with Crippen LogP contribution in [0.4, 0.5) is 0 Å². The summed E-state index contributed by atoms with van der Waals surface area (Å²) in [5.41, 5.74) is 1.78. The summed E-state index contributed by atoms with van der Waals surface area (Å²) in [5.74, 6) is 0.733. The zero-order chi connectivity index (χ0) is 25.5. The summed E-state index contributed by atoms with van der Waals surface area (Å²) in [5, 5.41) is 23.1. The van der Waals surface area contributed by atoms with Crippen LogP contribution in [0.5, 0.6) is 0 Å². The van der Waals surface area contributed by atoms with Crippen molar-refractivity contribution in [1.82, 2.24) is 15.4 Å². The van der Waals surface area contributed by atoms with Crippen LogP contribution < -0.4 is 0 Å². The number of carbonyl (C=O) groups is 1. The second kappa shape index (κ2) is 9.00.